The summed E-state index contributed by atoms with van der Waals surface area (Å²) in [5.74, 6) is 0.860. The Balaban J connectivity index is 1.78. The van der Waals surface area contributed by atoms with E-state index in [9.17, 15) is 0 Å². The Hall–Kier alpha value is -1.16. The Morgan fingerprint density at radius 3 is 2.25 bits per heavy atom. The first-order valence-electron chi connectivity index (χ1n) is 7.91. The molecule has 1 aliphatic rings. The van der Waals surface area contributed by atoms with Crippen LogP contribution in [0, 0.1) is 13.8 Å². The van der Waals surface area contributed by atoms with E-state index in [1.807, 2.05) is 19.9 Å². The number of nitrogens with zero attached hydrogens (tertiary/aromatic N) is 4. The van der Waals surface area contributed by atoms with Crippen molar-refractivity contribution in [1.29, 1.82) is 0 Å². The van der Waals surface area contributed by atoms with E-state index in [1.54, 1.807) is 0 Å². The molecule has 0 spiro atoms. The minimum absolute atomic E-state index is 0.860. The van der Waals surface area contributed by atoms with Crippen molar-refractivity contribution in [3.63, 3.8) is 0 Å². The average molecular weight is 276 g/mol. The van der Waals surface area contributed by atoms with Gasteiger partial charge in [0.2, 0.25) is 5.95 Å². The smallest absolute Gasteiger partial charge is 0.225 e. The van der Waals surface area contributed by atoms with Crippen molar-refractivity contribution in [1.82, 2.24) is 14.9 Å². The van der Waals surface area contributed by atoms with E-state index < -0.39 is 0 Å². The van der Waals surface area contributed by atoms with Gasteiger partial charge >= 0.3 is 0 Å². The van der Waals surface area contributed by atoms with Crippen molar-refractivity contribution < 1.29 is 0 Å². The van der Waals surface area contributed by atoms with Crippen molar-refractivity contribution in [2.75, 3.05) is 38.1 Å². The molecule has 0 amide bonds. The summed E-state index contributed by atoms with van der Waals surface area (Å²) in [5.41, 5.74) is 2.10. The van der Waals surface area contributed by atoms with E-state index in [-0.39, 0.29) is 0 Å². The molecule has 0 N–H and O–H groups in total. The zero-order valence-electron chi connectivity index (χ0n) is 13.2. The Kier molecular flexibility index (Phi) is 5.77. The van der Waals surface area contributed by atoms with Crippen molar-refractivity contribution >= 4 is 5.95 Å². The normalized spacial score (nSPS) is 16.9. The molecule has 1 aromatic rings. The molecule has 2 rings (SSSR count). The predicted octanol–water partition coefficient (Wildman–Crippen LogP) is 2.80. The number of aryl methyl sites for hydroxylation is 2. The molecule has 1 aromatic heterocycles. The Morgan fingerprint density at radius 1 is 1.05 bits per heavy atom. The van der Waals surface area contributed by atoms with Gasteiger partial charge in [0, 0.05) is 25.0 Å². The Labute approximate surface area is 123 Å². The van der Waals surface area contributed by atoms with Crippen LogP contribution in [0.4, 0.5) is 5.95 Å². The summed E-state index contributed by atoms with van der Waals surface area (Å²) in [6.45, 7) is 8.86. The van der Waals surface area contributed by atoms with Crippen LogP contribution < -0.4 is 4.90 Å². The number of anilines is 1. The summed E-state index contributed by atoms with van der Waals surface area (Å²) in [6.07, 6.45) is 6.75. The van der Waals surface area contributed by atoms with Crippen LogP contribution in [0.25, 0.3) is 0 Å². The molecule has 0 atom stereocenters. The standard InChI is InChI=1S/C16H28N4/c1-14-13-15(2)18-16(17-14)19(3)9-8-12-20-10-6-4-5-7-11-20/h13H,4-12H2,1-3H3. The van der Waals surface area contributed by atoms with Crippen molar-refractivity contribution in [3.05, 3.63) is 17.5 Å². The molecule has 0 aromatic carbocycles. The number of aromatic nitrogens is 2. The summed E-state index contributed by atoms with van der Waals surface area (Å²) >= 11 is 0. The second-order valence-corrected chi connectivity index (χ2v) is 5.98. The fraction of sp³-hybridized carbons (Fsp3) is 0.750. The van der Waals surface area contributed by atoms with Crippen molar-refractivity contribution in [2.45, 2.75) is 46.0 Å². The molecule has 1 fully saturated rings. The van der Waals surface area contributed by atoms with Crippen LogP contribution in [0.3, 0.4) is 0 Å². The van der Waals surface area contributed by atoms with Crippen LogP contribution in [0.15, 0.2) is 6.07 Å². The first kappa shape index (κ1) is 15.2. The van der Waals surface area contributed by atoms with Crippen LogP contribution in [-0.4, -0.2) is 48.1 Å². The third kappa shape index (κ3) is 4.75. The van der Waals surface area contributed by atoms with E-state index in [4.69, 9.17) is 0 Å². The van der Waals surface area contributed by atoms with E-state index in [1.165, 1.54) is 51.7 Å². The lowest BCUT2D eigenvalue weighted by Gasteiger charge is -2.22. The van der Waals surface area contributed by atoms with Gasteiger partial charge in [-0.2, -0.15) is 0 Å². The predicted molar refractivity (Wildman–Crippen MR) is 84.3 cm³/mol. The third-order valence-corrected chi connectivity index (χ3v) is 3.98. The van der Waals surface area contributed by atoms with Crippen LogP contribution in [0.2, 0.25) is 0 Å². The van der Waals surface area contributed by atoms with Gasteiger partial charge in [-0.15, -0.1) is 0 Å². The number of rotatable bonds is 5. The first-order valence-corrected chi connectivity index (χ1v) is 7.91. The topological polar surface area (TPSA) is 32.3 Å². The second-order valence-electron chi connectivity index (χ2n) is 5.98. The molecule has 0 bridgehead atoms. The van der Waals surface area contributed by atoms with Gasteiger partial charge in [0.05, 0.1) is 0 Å². The van der Waals surface area contributed by atoms with Crippen molar-refractivity contribution in [3.8, 4) is 0 Å². The first-order chi connectivity index (χ1) is 9.65. The lowest BCUT2D eigenvalue weighted by molar-refractivity contribution is 0.282. The van der Waals surface area contributed by atoms with Crippen LogP contribution in [0.5, 0.6) is 0 Å². The highest BCUT2D eigenvalue weighted by Gasteiger charge is 2.10. The van der Waals surface area contributed by atoms with Gasteiger partial charge in [-0.25, -0.2) is 9.97 Å². The van der Waals surface area contributed by atoms with Gasteiger partial charge in [0.15, 0.2) is 0 Å². The third-order valence-electron chi connectivity index (χ3n) is 3.98. The maximum Gasteiger partial charge on any atom is 0.225 e. The summed E-state index contributed by atoms with van der Waals surface area (Å²) in [6, 6.07) is 2.02. The van der Waals surface area contributed by atoms with Gasteiger partial charge in [-0.1, -0.05) is 12.8 Å². The van der Waals surface area contributed by atoms with Crippen LogP contribution in [-0.2, 0) is 0 Å². The van der Waals surface area contributed by atoms with Gasteiger partial charge < -0.3 is 9.80 Å². The Bertz CT molecular complexity index is 391. The highest BCUT2D eigenvalue weighted by atomic mass is 15.2. The molecule has 112 valence electrons. The highest BCUT2D eigenvalue weighted by Crippen LogP contribution is 2.11. The molecule has 1 aliphatic heterocycles. The molecule has 0 saturated carbocycles. The van der Waals surface area contributed by atoms with Gasteiger partial charge in [-0.3, -0.25) is 0 Å². The van der Waals surface area contributed by atoms with E-state index in [2.05, 4.69) is 26.8 Å². The lowest BCUT2D eigenvalue weighted by atomic mass is 10.2. The molecule has 2 heterocycles. The zero-order chi connectivity index (χ0) is 14.4. The van der Waals surface area contributed by atoms with Crippen LogP contribution >= 0.6 is 0 Å². The molecule has 4 nitrogen and oxygen atoms in total. The lowest BCUT2D eigenvalue weighted by Crippen LogP contribution is -2.29. The minimum Gasteiger partial charge on any atom is -0.344 e. The number of hydrogen-bond donors (Lipinski definition) is 0. The summed E-state index contributed by atoms with van der Waals surface area (Å²) in [7, 11) is 2.09. The molecule has 4 heteroatoms. The van der Waals surface area contributed by atoms with Gasteiger partial charge in [0.25, 0.3) is 0 Å². The van der Waals surface area contributed by atoms with Crippen molar-refractivity contribution in [2.24, 2.45) is 0 Å². The van der Waals surface area contributed by atoms with E-state index >= 15 is 0 Å². The molecular weight excluding hydrogens is 248 g/mol. The molecular formula is C16H28N4. The monoisotopic (exact) mass is 276 g/mol. The van der Waals surface area contributed by atoms with Crippen LogP contribution in [0.1, 0.15) is 43.5 Å². The molecule has 0 radical (unpaired) electrons. The maximum atomic E-state index is 4.52. The largest absolute Gasteiger partial charge is 0.344 e. The summed E-state index contributed by atoms with van der Waals surface area (Å²) < 4.78 is 0. The number of likely N-dealkylation sites (tertiary alicyclic amines) is 1. The highest BCUT2D eigenvalue weighted by molar-refractivity contribution is 5.30. The second kappa shape index (κ2) is 7.58. The maximum absolute atomic E-state index is 4.52. The molecule has 1 saturated heterocycles. The summed E-state index contributed by atoms with van der Waals surface area (Å²) in [4.78, 5) is 13.8. The molecule has 0 unspecified atom stereocenters. The minimum atomic E-state index is 0.860. The Morgan fingerprint density at radius 2 is 1.65 bits per heavy atom. The van der Waals surface area contributed by atoms with Gasteiger partial charge in [-0.05, 0) is 58.8 Å². The van der Waals surface area contributed by atoms with Gasteiger partial charge in [0.1, 0.15) is 0 Å². The van der Waals surface area contributed by atoms with E-state index in [0.717, 1.165) is 23.9 Å². The molecule has 0 aliphatic carbocycles. The molecule has 20 heavy (non-hydrogen) atoms. The fourth-order valence-electron chi connectivity index (χ4n) is 2.87. The quantitative estimate of drug-likeness (QED) is 0.828. The zero-order valence-corrected chi connectivity index (χ0v) is 13.2. The average Bonchev–Trinajstić information content (AvgIpc) is 2.66. The van der Waals surface area contributed by atoms with E-state index in [0.29, 0.717) is 0 Å². The summed E-state index contributed by atoms with van der Waals surface area (Å²) in [5, 5.41) is 0. The number of hydrogen-bond acceptors (Lipinski definition) is 4. The SMILES string of the molecule is Cc1cc(C)nc(N(C)CCCN2CCCCCC2)n1. The fourth-order valence-corrected chi connectivity index (χ4v) is 2.87.